The Bertz CT molecular complexity index is 493. The van der Waals surface area contributed by atoms with E-state index in [1.54, 1.807) is 6.20 Å². The number of pyridine rings is 1. The molecule has 2 fully saturated rings. The normalized spacial score (nSPS) is 32.7. The number of halogens is 1. The van der Waals surface area contributed by atoms with Crippen molar-refractivity contribution in [2.24, 2.45) is 5.92 Å². The first-order valence-electron chi connectivity index (χ1n) is 6.31. The largest absolute Gasteiger partial charge is 0.480 e. The van der Waals surface area contributed by atoms with Crippen molar-refractivity contribution in [3.8, 4) is 0 Å². The zero-order valence-electron chi connectivity index (χ0n) is 10.3. The van der Waals surface area contributed by atoms with Crippen molar-refractivity contribution in [1.29, 1.82) is 0 Å². The summed E-state index contributed by atoms with van der Waals surface area (Å²) in [5.74, 6) is -0.380. The van der Waals surface area contributed by atoms with Gasteiger partial charge in [-0.2, -0.15) is 0 Å². The number of fused-ring (bicyclic) bond motifs is 2. The second kappa shape index (κ2) is 4.85. The van der Waals surface area contributed by atoms with Gasteiger partial charge in [0.1, 0.15) is 16.8 Å². The van der Waals surface area contributed by atoms with Crippen molar-refractivity contribution < 1.29 is 14.6 Å². The summed E-state index contributed by atoms with van der Waals surface area (Å²) < 4.78 is 6.56. The highest BCUT2D eigenvalue weighted by atomic mass is 79.9. The molecule has 1 aliphatic carbocycles. The molecular formula is C13H15BrN2O3. The van der Waals surface area contributed by atoms with E-state index in [0.29, 0.717) is 5.92 Å². The number of piperidine rings is 1. The van der Waals surface area contributed by atoms with Gasteiger partial charge >= 0.3 is 5.97 Å². The van der Waals surface area contributed by atoms with Gasteiger partial charge in [-0.1, -0.05) is 6.07 Å². The Morgan fingerprint density at radius 1 is 1.63 bits per heavy atom. The molecule has 0 spiro atoms. The highest BCUT2D eigenvalue weighted by Gasteiger charge is 2.53. The first-order valence-corrected chi connectivity index (χ1v) is 7.10. The van der Waals surface area contributed by atoms with E-state index in [0.717, 1.165) is 29.6 Å². The number of hydrogen-bond donors (Lipinski definition) is 2. The van der Waals surface area contributed by atoms with Crippen LogP contribution in [-0.4, -0.2) is 35.3 Å². The molecule has 6 heteroatoms. The van der Waals surface area contributed by atoms with Gasteiger partial charge in [-0.05, 0) is 47.3 Å². The molecule has 0 radical (unpaired) electrons. The topological polar surface area (TPSA) is 71.5 Å². The average Bonchev–Trinajstić information content (AvgIpc) is 2.98. The van der Waals surface area contributed by atoms with Crippen LogP contribution in [0.2, 0.25) is 0 Å². The number of nitrogens with zero attached hydrogens (tertiary/aromatic N) is 1. The first-order chi connectivity index (χ1) is 9.10. The summed E-state index contributed by atoms with van der Waals surface area (Å²) in [5, 5.41) is 12.3. The zero-order chi connectivity index (χ0) is 13.5. The molecule has 2 heterocycles. The van der Waals surface area contributed by atoms with Crippen LogP contribution in [0.5, 0.6) is 0 Å². The predicted molar refractivity (Wildman–Crippen MR) is 71.7 cm³/mol. The Morgan fingerprint density at radius 3 is 3.00 bits per heavy atom. The van der Waals surface area contributed by atoms with Crippen LogP contribution in [0.3, 0.4) is 0 Å². The van der Waals surface area contributed by atoms with Crippen molar-refractivity contribution in [2.75, 3.05) is 13.2 Å². The van der Waals surface area contributed by atoms with Gasteiger partial charge in [0.05, 0.1) is 0 Å². The lowest BCUT2D eigenvalue weighted by molar-refractivity contribution is -0.153. The van der Waals surface area contributed by atoms with E-state index in [-0.39, 0.29) is 12.6 Å². The number of carboxylic acid groups (broad SMARTS) is 1. The fraction of sp³-hybridized carbons (Fsp3) is 0.538. The van der Waals surface area contributed by atoms with E-state index in [9.17, 15) is 4.79 Å². The van der Waals surface area contributed by atoms with E-state index in [4.69, 9.17) is 9.84 Å². The van der Waals surface area contributed by atoms with Crippen molar-refractivity contribution in [1.82, 2.24) is 10.3 Å². The van der Waals surface area contributed by atoms with Crippen molar-refractivity contribution >= 4 is 21.9 Å². The van der Waals surface area contributed by atoms with Crippen LogP contribution in [0, 0.1) is 5.92 Å². The van der Waals surface area contributed by atoms with E-state index < -0.39 is 11.6 Å². The Balaban J connectivity index is 1.92. The van der Waals surface area contributed by atoms with Crippen molar-refractivity contribution in [2.45, 2.75) is 24.5 Å². The minimum absolute atomic E-state index is 0.180. The fourth-order valence-corrected chi connectivity index (χ4v) is 3.50. The van der Waals surface area contributed by atoms with E-state index in [1.165, 1.54) is 0 Å². The Kier molecular flexibility index (Phi) is 3.32. The fourth-order valence-electron chi connectivity index (χ4n) is 3.27. The van der Waals surface area contributed by atoms with Crippen LogP contribution in [0.1, 0.15) is 18.4 Å². The predicted octanol–water partition coefficient (Wildman–Crippen LogP) is 1.52. The van der Waals surface area contributed by atoms with E-state index in [2.05, 4.69) is 26.2 Å². The molecular weight excluding hydrogens is 312 g/mol. The highest BCUT2D eigenvalue weighted by molar-refractivity contribution is 9.10. The molecule has 3 rings (SSSR count). The van der Waals surface area contributed by atoms with Crippen molar-refractivity contribution in [3.63, 3.8) is 0 Å². The SMILES string of the molecule is O=C(O)COC1(c2ccc(Br)nc2)CC2CNC1C2. The summed E-state index contributed by atoms with van der Waals surface area (Å²) in [5.41, 5.74) is 0.409. The quantitative estimate of drug-likeness (QED) is 0.821. The maximum atomic E-state index is 10.8. The maximum Gasteiger partial charge on any atom is 0.329 e. The molecule has 3 atom stereocenters. The molecule has 1 aliphatic heterocycles. The molecule has 1 aromatic rings. The number of aliphatic carboxylic acids is 1. The molecule has 0 amide bonds. The molecule has 5 nitrogen and oxygen atoms in total. The first kappa shape index (κ1) is 13.0. The monoisotopic (exact) mass is 326 g/mol. The third-order valence-corrected chi connectivity index (χ3v) is 4.52. The van der Waals surface area contributed by atoms with Crippen LogP contribution in [0.15, 0.2) is 22.9 Å². The third kappa shape index (κ3) is 2.28. The molecule has 2 aliphatic rings. The highest BCUT2D eigenvalue weighted by Crippen LogP contribution is 2.48. The molecule has 3 unspecified atom stereocenters. The van der Waals surface area contributed by atoms with Gasteiger partial charge in [-0.15, -0.1) is 0 Å². The number of carbonyl (C=O) groups is 1. The van der Waals surface area contributed by atoms with Gasteiger partial charge in [0.2, 0.25) is 0 Å². The summed E-state index contributed by atoms with van der Waals surface area (Å²) >= 11 is 3.31. The van der Waals surface area contributed by atoms with Gasteiger partial charge in [0.25, 0.3) is 0 Å². The van der Waals surface area contributed by atoms with Gasteiger partial charge in [0.15, 0.2) is 0 Å². The summed E-state index contributed by atoms with van der Waals surface area (Å²) in [6.45, 7) is 0.716. The molecule has 2 N–H and O–H groups in total. The minimum atomic E-state index is -0.938. The maximum absolute atomic E-state index is 10.8. The molecule has 1 saturated carbocycles. The molecule has 0 aromatic carbocycles. The van der Waals surface area contributed by atoms with Crippen LogP contribution < -0.4 is 5.32 Å². The number of rotatable bonds is 4. The summed E-state index contributed by atoms with van der Waals surface area (Å²) in [6.07, 6.45) is 3.67. The zero-order valence-corrected chi connectivity index (χ0v) is 11.9. The number of hydrogen-bond acceptors (Lipinski definition) is 4. The second-order valence-electron chi connectivity index (χ2n) is 5.21. The van der Waals surface area contributed by atoms with Gasteiger partial charge in [-0.25, -0.2) is 9.78 Å². The van der Waals surface area contributed by atoms with Gasteiger partial charge < -0.3 is 15.2 Å². The molecule has 1 saturated heterocycles. The number of ether oxygens (including phenoxy) is 1. The lowest BCUT2D eigenvalue weighted by Crippen LogP contribution is -2.48. The second-order valence-corrected chi connectivity index (χ2v) is 6.02. The summed E-state index contributed by atoms with van der Waals surface area (Å²) in [6, 6.07) is 4.01. The third-order valence-electron chi connectivity index (χ3n) is 4.05. The lowest BCUT2D eigenvalue weighted by atomic mass is 9.87. The van der Waals surface area contributed by atoms with Crippen molar-refractivity contribution in [3.05, 3.63) is 28.5 Å². The van der Waals surface area contributed by atoms with Crippen LogP contribution >= 0.6 is 15.9 Å². The Hall–Kier alpha value is -0.980. The summed E-state index contributed by atoms with van der Waals surface area (Å²) in [4.78, 5) is 15.1. The number of nitrogens with one attached hydrogen (secondary N) is 1. The van der Waals surface area contributed by atoms with Gasteiger partial charge in [0, 0.05) is 17.8 Å². The standard InChI is InChI=1S/C13H15BrN2O3/c14-11-2-1-9(6-16-11)13(19-7-12(17)18)4-8-3-10(13)15-5-8/h1-2,6,8,10,15H,3-5,7H2,(H,17,18). The number of aromatic nitrogens is 1. The smallest absolute Gasteiger partial charge is 0.329 e. The van der Waals surface area contributed by atoms with E-state index in [1.807, 2.05) is 12.1 Å². The molecule has 2 bridgehead atoms. The average molecular weight is 327 g/mol. The van der Waals surface area contributed by atoms with Gasteiger partial charge in [-0.3, -0.25) is 0 Å². The van der Waals surface area contributed by atoms with E-state index >= 15 is 0 Å². The van der Waals surface area contributed by atoms with Crippen LogP contribution in [0.4, 0.5) is 0 Å². The molecule has 19 heavy (non-hydrogen) atoms. The molecule has 102 valence electrons. The Labute approximate surface area is 119 Å². The van der Waals surface area contributed by atoms with Crippen LogP contribution in [0.25, 0.3) is 0 Å². The van der Waals surface area contributed by atoms with Crippen LogP contribution in [-0.2, 0) is 15.1 Å². The Morgan fingerprint density at radius 2 is 2.47 bits per heavy atom. The lowest BCUT2D eigenvalue weighted by Gasteiger charge is -2.38. The summed E-state index contributed by atoms with van der Waals surface area (Å²) in [7, 11) is 0. The minimum Gasteiger partial charge on any atom is -0.480 e. The number of carboxylic acids is 1. The molecule has 1 aromatic heterocycles.